The molecule has 3 aromatic rings. The second kappa shape index (κ2) is 13.7. The van der Waals surface area contributed by atoms with E-state index in [-0.39, 0.29) is 37.2 Å². The summed E-state index contributed by atoms with van der Waals surface area (Å²) in [5, 5.41) is 3.02. The maximum absolute atomic E-state index is 13.8. The first-order valence-electron chi connectivity index (χ1n) is 13.4. The molecule has 3 aromatic carbocycles. The molecule has 0 saturated carbocycles. The van der Waals surface area contributed by atoms with Gasteiger partial charge in [-0.2, -0.15) is 0 Å². The summed E-state index contributed by atoms with van der Waals surface area (Å²) in [6.07, 6.45) is -0.174. The van der Waals surface area contributed by atoms with Gasteiger partial charge in [0.1, 0.15) is 11.8 Å². The second-order valence-electron chi connectivity index (χ2n) is 9.27. The van der Waals surface area contributed by atoms with Crippen LogP contribution in [0.1, 0.15) is 46.5 Å². The molecule has 0 bridgehead atoms. The SMILES string of the molecule is CCOC(=O)c1ccc(NC(=O)CC2C(=O)N(c3ccc(C(=O)OCC)cc3)C(=S)N2Cc2ccc(OC)cc2)cc1. The van der Waals surface area contributed by atoms with E-state index in [4.69, 9.17) is 26.4 Å². The highest BCUT2D eigenvalue weighted by atomic mass is 32.1. The molecule has 1 N–H and O–H groups in total. The zero-order valence-corrected chi connectivity index (χ0v) is 24.3. The van der Waals surface area contributed by atoms with E-state index in [1.54, 1.807) is 74.4 Å². The Kier molecular flexibility index (Phi) is 9.87. The van der Waals surface area contributed by atoms with E-state index in [1.165, 1.54) is 4.90 Å². The van der Waals surface area contributed by atoms with E-state index in [1.807, 2.05) is 24.3 Å². The molecule has 0 aromatic heterocycles. The summed E-state index contributed by atoms with van der Waals surface area (Å²) in [5.41, 5.74) is 2.51. The fraction of sp³-hybridized carbons (Fsp3) is 0.258. The number of methoxy groups -OCH3 is 1. The van der Waals surface area contributed by atoms with E-state index in [0.29, 0.717) is 28.3 Å². The average Bonchev–Trinajstić information content (AvgIpc) is 3.22. The molecule has 1 atom stereocenters. The second-order valence-corrected chi connectivity index (χ2v) is 9.63. The first-order chi connectivity index (χ1) is 20.2. The molecule has 1 fully saturated rings. The largest absolute Gasteiger partial charge is 0.497 e. The Bertz CT molecular complexity index is 1460. The van der Waals surface area contributed by atoms with Gasteiger partial charge >= 0.3 is 11.9 Å². The highest BCUT2D eigenvalue weighted by molar-refractivity contribution is 7.80. The fourth-order valence-electron chi connectivity index (χ4n) is 4.43. The van der Waals surface area contributed by atoms with Gasteiger partial charge in [-0.15, -0.1) is 0 Å². The molecule has 218 valence electrons. The minimum Gasteiger partial charge on any atom is -0.497 e. The molecule has 2 amide bonds. The number of thiocarbonyl (C=S) groups is 1. The summed E-state index contributed by atoms with van der Waals surface area (Å²) in [6.45, 7) is 4.22. The van der Waals surface area contributed by atoms with E-state index in [9.17, 15) is 19.2 Å². The molecular weight excluding hydrogens is 558 g/mol. The van der Waals surface area contributed by atoms with Gasteiger partial charge in [-0.3, -0.25) is 14.5 Å². The minimum atomic E-state index is -0.886. The fourth-order valence-corrected chi connectivity index (χ4v) is 4.82. The number of esters is 2. The van der Waals surface area contributed by atoms with Crippen molar-refractivity contribution in [1.29, 1.82) is 0 Å². The number of benzene rings is 3. The molecule has 0 aliphatic carbocycles. The molecule has 42 heavy (non-hydrogen) atoms. The van der Waals surface area contributed by atoms with Gasteiger partial charge in [-0.25, -0.2) is 9.59 Å². The maximum atomic E-state index is 13.8. The maximum Gasteiger partial charge on any atom is 0.338 e. The van der Waals surface area contributed by atoms with Crippen molar-refractivity contribution in [3.8, 4) is 5.75 Å². The summed E-state index contributed by atoms with van der Waals surface area (Å²) < 4.78 is 15.3. The number of nitrogens with zero attached hydrogens (tertiary/aromatic N) is 2. The average molecular weight is 590 g/mol. The lowest BCUT2D eigenvalue weighted by Crippen LogP contribution is -2.37. The number of hydrogen-bond acceptors (Lipinski definition) is 8. The highest BCUT2D eigenvalue weighted by Gasteiger charge is 2.44. The molecule has 10 nitrogen and oxygen atoms in total. The quantitative estimate of drug-likeness (QED) is 0.254. The van der Waals surface area contributed by atoms with E-state index in [2.05, 4.69) is 5.32 Å². The summed E-state index contributed by atoms with van der Waals surface area (Å²) in [7, 11) is 1.58. The Balaban J connectivity index is 1.55. The van der Waals surface area contributed by atoms with Crippen LogP contribution in [0.5, 0.6) is 5.75 Å². The third kappa shape index (κ3) is 6.92. The monoisotopic (exact) mass is 589 g/mol. The normalized spacial score (nSPS) is 14.5. The molecule has 0 spiro atoms. The summed E-state index contributed by atoms with van der Waals surface area (Å²) in [6, 6.07) is 19.1. The van der Waals surface area contributed by atoms with Crippen LogP contribution in [0.25, 0.3) is 0 Å². The Morgan fingerprint density at radius 2 is 1.38 bits per heavy atom. The lowest BCUT2D eigenvalue weighted by Gasteiger charge is -2.24. The zero-order chi connectivity index (χ0) is 30.2. The van der Waals surface area contributed by atoms with Crippen molar-refractivity contribution in [2.24, 2.45) is 0 Å². The van der Waals surface area contributed by atoms with Gasteiger partial charge in [-0.1, -0.05) is 12.1 Å². The Labute approximate surface area is 249 Å². The van der Waals surface area contributed by atoms with Crippen molar-refractivity contribution in [3.63, 3.8) is 0 Å². The number of hydrogen-bond donors (Lipinski definition) is 1. The number of ether oxygens (including phenoxy) is 3. The third-order valence-corrected chi connectivity index (χ3v) is 6.94. The van der Waals surface area contributed by atoms with Crippen molar-refractivity contribution in [3.05, 3.63) is 89.5 Å². The van der Waals surface area contributed by atoms with Crippen LogP contribution < -0.4 is 15.0 Å². The van der Waals surface area contributed by atoms with Crippen LogP contribution in [0.4, 0.5) is 11.4 Å². The molecule has 4 rings (SSSR count). The summed E-state index contributed by atoms with van der Waals surface area (Å²) >= 11 is 5.75. The summed E-state index contributed by atoms with van der Waals surface area (Å²) in [4.78, 5) is 54.0. The molecule has 1 unspecified atom stereocenters. The number of carbonyl (C=O) groups excluding carboxylic acids is 4. The van der Waals surface area contributed by atoms with Crippen molar-refractivity contribution in [1.82, 2.24) is 4.90 Å². The lowest BCUT2D eigenvalue weighted by atomic mass is 10.1. The topological polar surface area (TPSA) is 114 Å². The van der Waals surface area contributed by atoms with Crippen LogP contribution in [-0.2, 0) is 25.6 Å². The van der Waals surface area contributed by atoms with E-state index in [0.717, 1.165) is 5.56 Å². The molecule has 11 heteroatoms. The van der Waals surface area contributed by atoms with E-state index >= 15 is 0 Å². The molecular formula is C31H31N3O7S. The Morgan fingerprint density at radius 3 is 1.90 bits per heavy atom. The van der Waals surface area contributed by atoms with Gasteiger partial charge in [0.15, 0.2) is 5.11 Å². The molecule has 0 radical (unpaired) electrons. The Morgan fingerprint density at radius 1 is 0.833 bits per heavy atom. The highest BCUT2D eigenvalue weighted by Crippen LogP contribution is 2.30. The van der Waals surface area contributed by atoms with Crippen LogP contribution in [-0.4, -0.2) is 60.1 Å². The molecule has 1 heterocycles. The van der Waals surface area contributed by atoms with Gasteiger partial charge in [0.05, 0.1) is 43.6 Å². The number of rotatable bonds is 11. The third-order valence-electron chi connectivity index (χ3n) is 6.53. The van der Waals surface area contributed by atoms with Crippen molar-refractivity contribution < 1.29 is 33.4 Å². The van der Waals surface area contributed by atoms with Crippen LogP contribution in [0, 0.1) is 0 Å². The van der Waals surface area contributed by atoms with Gasteiger partial charge in [0.25, 0.3) is 5.91 Å². The van der Waals surface area contributed by atoms with E-state index < -0.39 is 23.9 Å². The van der Waals surface area contributed by atoms with Crippen molar-refractivity contribution in [2.45, 2.75) is 32.9 Å². The van der Waals surface area contributed by atoms with Gasteiger partial charge in [0, 0.05) is 12.2 Å². The standard InChI is InChI=1S/C31H31N3O7S/c1-4-40-29(37)21-8-12-23(13-9-21)32-27(35)18-26-28(36)34(24-14-10-22(11-15-24)30(38)41-5-2)31(42)33(26)19-20-6-16-25(39-3)17-7-20/h6-17,26H,4-5,18-19H2,1-3H3,(H,32,35). The van der Waals surface area contributed by atoms with Crippen molar-refractivity contribution >= 4 is 52.5 Å². The summed E-state index contributed by atoms with van der Waals surface area (Å²) in [5.74, 6) is -1.01. The van der Waals surface area contributed by atoms with Crippen LogP contribution >= 0.6 is 12.2 Å². The predicted molar refractivity (Wildman–Crippen MR) is 160 cm³/mol. The molecule has 1 saturated heterocycles. The number of amides is 2. The number of nitrogens with one attached hydrogen (secondary N) is 1. The number of anilines is 2. The smallest absolute Gasteiger partial charge is 0.338 e. The number of carbonyl (C=O) groups is 4. The van der Waals surface area contributed by atoms with Gasteiger partial charge in [0.2, 0.25) is 5.91 Å². The van der Waals surface area contributed by atoms with Crippen LogP contribution in [0.3, 0.4) is 0 Å². The molecule has 1 aliphatic rings. The van der Waals surface area contributed by atoms with Crippen LogP contribution in [0.15, 0.2) is 72.8 Å². The lowest BCUT2D eigenvalue weighted by molar-refractivity contribution is -0.124. The van der Waals surface area contributed by atoms with Crippen LogP contribution in [0.2, 0.25) is 0 Å². The van der Waals surface area contributed by atoms with Gasteiger partial charge in [-0.05, 0) is 92.3 Å². The Hall–Kier alpha value is -4.77. The zero-order valence-electron chi connectivity index (χ0n) is 23.5. The van der Waals surface area contributed by atoms with Crippen molar-refractivity contribution in [2.75, 3.05) is 30.5 Å². The minimum absolute atomic E-state index is 0.174. The molecule has 1 aliphatic heterocycles. The van der Waals surface area contributed by atoms with Gasteiger partial charge < -0.3 is 24.4 Å². The predicted octanol–water partition coefficient (Wildman–Crippen LogP) is 4.58. The first kappa shape index (κ1) is 30.2. The first-order valence-corrected chi connectivity index (χ1v) is 13.8.